The Labute approximate surface area is 66.8 Å². The fraction of sp³-hybridized carbons (Fsp3) is 0.556. The average Bonchev–Trinajstić information content (AvgIpc) is 2.01. The van der Waals surface area contributed by atoms with Crippen molar-refractivity contribution < 1.29 is 5.11 Å². The lowest BCUT2D eigenvalue weighted by atomic mass is 10.0. The maximum atomic E-state index is 9.07. The number of β-amino-alcohol motifs (C(OH)–C–C–N with tert-alkyl or cyclic N) is 1. The highest BCUT2D eigenvalue weighted by atomic mass is 16.3. The Morgan fingerprint density at radius 1 is 1.27 bits per heavy atom. The van der Waals surface area contributed by atoms with Crippen LogP contribution >= 0.6 is 0 Å². The van der Waals surface area contributed by atoms with Crippen molar-refractivity contribution >= 4 is 0 Å². The van der Waals surface area contributed by atoms with Gasteiger partial charge in [-0.15, -0.1) is 0 Å². The van der Waals surface area contributed by atoms with Crippen LogP contribution < -0.4 is 0 Å². The predicted molar refractivity (Wildman–Crippen MR) is 44.3 cm³/mol. The van der Waals surface area contributed by atoms with Gasteiger partial charge in [0.1, 0.15) is 0 Å². The lowest BCUT2D eigenvalue weighted by Crippen LogP contribution is -2.54. The Bertz CT molecular complexity index is 192. The zero-order valence-corrected chi connectivity index (χ0v) is 6.48. The van der Waals surface area contributed by atoms with E-state index in [4.69, 9.17) is 5.11 Å². The lowest BCUT2D eigenvalue weighted by molar-refractivity contribution is -0.0132. The molecule has 0 radical (unpaired) electrons. The fourth-order valence-corrected chi connectivity index (χ4v) is 1.60. The van der Waals surface area contributed by atoms with Crippen LogP contribution in [0.25, 0.3) is 0 Å². The fourth-order valence-electron chi connectivity index (χ4n) is 1.60. The number of nitrogens with zero attached hydrogens (tertiary/aromatic N) is 1. The van der Waals surface area contributed by atoms with E-state index < -0.39 is 0 Å². The van der Waals surface area contributed by atoms with Gasteiger partial charge in [0.15, 0.2) is 0 Å². The number of allylic oxidation sites excluding steroid dienone is 2. The van der Waals surface area contributed by atoms with Crippen molar-refractivity contribution in [3.05, 3.63) is 24.3 Å². The molecule has 11 heavy (non-hydrogen) atoms. The van der Waals surface area contributed by atoms with Crippen LogP contribution in [0.1, 0.15) is 6.42 Å². The molecule has 0 aromatic rings. The molecule has 1 atom stereocenters. The number of aliphatic hydroxyl groups excluding tert-OH is 1. The van der Waals surface area contributed by atoms with E-state index in [1.807, 2.05) is 0 Å². The minimum absolute atomic E-state index is 0.0747. The second-order valence-corrected chi connectivity index (χ2v) is 3.22. The van der Waals surface area contributed by atoms with Crippen molar-refractivity contribution in [2.75, 3.05) is 13.1 Å². The third-order valence-corrected chi connectivity index (χ3v) is 2.32. The third kappa shape index (κ3) is 1.37. The molecule has 1 fully saturated rings. The van der Waals surface area contributed by atoms with Gasteiger partial charge in [0.2, 0.25) is 0 Å². The van der Waals surface area contributed by atoms with Crippen molar-refractivity contribution in [3.8, 4) is 0 Å². The van der Waals surface area contributed by atoms with Crippen LogP contribution in [0.4, 0.5) is 0 Å². The molecule has 1 aliphatic carbocycles. The largest absolute Gasteiger partial charge is 0.390 e. The highest BCUT2D eigenvalue weighted by Gasteiger charge is 2.28. The topological polar surface area (TPSA) is 23.5 Å². The maximum Gasteiger partial charge on any atom is 0.0794 e. The predicted octanol–water partition coefficient (Wildman–Crippen LogP) is 0.548. The Balaban J connectivity index is 1.87. The molecule has 1 N–H and O–H groups in total. The Kier molecular flexibility index (Phi) is 1.80. The molecule has 0 aromatic heterocycles. The zero-order chi connectivity index (χ0) is 7.68. The smallest absolute Gasteiger partial charge is 0.0794 e. The van der Waals surface area contributed by atoms with Crippen LogP contribution in [0.2, 0.25) is 0 Å². The summed E-state index contributed by atoms with van der Waals surface area (Å²) in [5.74, 6) is 0. The van der Waals surface area contributed by atoms with Crippen LogP contribution in [0.3, 0.4) is 0 Å². The summed E-state index contributed by atoms with van der Waals surface area (Å²) in [6.45, 7) is 1.70. The summed E-state index contributed by atoms with van der Waals surface area (Å²) in [6, 6.07) is 0.545. The zero-order valence-electron chi connectivity index (χ0n) is 6.48. The van der Waals surface area contributed by atoms with Crippen LogP contribution in [0.5, 0.6) is 0 Å². The quantitative estimate of drug-likeness (QED) is 0.591. The summed E-state index contributed by atoms with van der Waals surface area (Å²) in [4.78, 5) is 2.30. The van der Waals surface area contributed by atoms with Crippen molar-refractivity contribution in [3.63, 3.8) is 0 Å². The molecule has 2 heteroatoms. The van der Waals surface area contributed by atoms with Gasteiger partial charge in [0.25, 0.3) is 0 Å². The summed E-state index contributed by atoms with van der Waals surface area (Å²) in [5.41, 5.74) is 0. The number of hydrogen-bond donors (Lipinski definition) is 1. The van der Waals surface area contributed by atoms with Crippen LogP contribution in [-0.4, -0.2) is 35.2 Å². The van der Waals surface area contributed by atoms with Crippen LogP contribution in [0.15, 0.2) is 24.3 Å². The van der Waals surface area contributed by atoms with Gasteiger partial charge < -0.3 is 5.11 Å². The number of hydrogen-bond acceptors (Lipinski definition) is 2. The Morgan fingerprint density at radius 3 is 2.64 bits per heavy atom. The molecular formula is C9H13NO. The Hall–Kier alpha value is -0.600. The SMILES string of the molecule is OC1CN([C@H]2C=CC=CC2)C1. The van der Waals surface area contributed by atoms with Gasteiger partial charge in [0.05, 0.1) is 6.10 Å². The Morgan fingerprint density at radius 2 is 2.09 bits per heavy atom. The van der Waals surface area contributed by atoms with Crippen molar-refractivity contribution in [1.29, 1.82) is 0 Å². The molecular weight excluding hydrogens is 138 g/mol. The first-order chi connectivity index (χ1) is 5.36. The van der Waals surface area contributed by atoms with Gasteiger partial charge in [-0.25, -0.2) is 0 Å². The highest BCUT2D eigenvalue weighted by Crippen LogP contribution is 2.18. The average molecular weight is 151 g/mol. The van der Waals surface area contributed by atoms with E-state index in [-0.39, 0.29) is 6.10 Å². The lowest BCUT2D eigenvalue weighted by Gasteiger charge is -2.40. The van der Waals surface area contributed by atoms with Crippen molar-refractivity contribution in [1.82, 2.24) is 4.90 Å². The number of rotatable bonds is 1. The normalized spacial score (nSPS) is 32.3. The van der Waals surface area contributed by atoms with Gasteiger partial charge in [-0.05, 0) is 6.42 Å². The second kappa shape index (κ2) is 2.80. The molecule has 0 bridgehead atoms. The molecule has 2 nitrogen and oxygen atoms in total. The molecule has 1 heterocycles. The van der Waals surface area contributed by atoms with E-state index in [1.54, 1.807) is 0 Å². The number of likely N-dealkylation sites (tertiary alicyclic amines) is 1. The molecule has 2 rings (SSSR count). The molecule has 1 saturated heterocycles. The molecule has 1 aliphatic heterocycles. The van der Waals surface area contributed by atoms with Gasteiger partial charge in [-0.3, -0.25) is 4.90 Å². The van der Waals surface area contributed by atoms with Gasteiger partial charge >= 0.3 is 0 Å². The molecule has 0 aromatic carbocycles. The summed E-state index contributed by atoms with van der Waals surface area (Å²) in [6.07, 6.45) is 9.56. The van der Waals surface area contributed by atoms with Crippen molar-refractivity contribution in [2.24, 2.45) is 0 Å². The number of aliphatic hydroxyl groups is 1. The third-order valence-electron chi connectivity index (χ3n) is 2.32. The van der Waals surface area contributed by atoms with E-state index in [1.165, 1.54) is 0 Å². The standard InChI is InChI=1S/C9H13NO/c11-9-6-10(7-9)8-4-2-1-3-5-8/h1-4,8-9,11H,5-7H2/t8-/m0/s1. The first kappa shape index (κ1) is 7.07. The van der Waals surface area contributed by atoms with Gasteiger partial charge in [-0.2, -0.15) is 0 Å². The minimum Gasteiger partial charge on any atom is -0.390 e. The van der Waals surface area contributed by atoms with E-state index in [0.717, 1.165) is 19.5 Å². The summed E-state index contributed by atoms with van der Waals surface area (Å²) >= 11 is 0. The summed E-state index contributed by atoms with van der Waals surface area (Å²) in [5, 5.41) is 9.07. The van der Waals surface area contributed by atoms with E-state index >= 15 is 0 Å². The molecule has 0 saturated carbocycles. The highest BCUT2D eigenvalue weighted by molar-refractivity contribution is 5.14. The van der Waals surface area contributed by atoms with Gasteiger partial charge in [0, 0.05) is 19.1 Å². The van der Waals surface area contributed by atoms with E-state index in [2.05, 4.69) is 29.2 Å². The first-order valence-corrected chi connectivity index (χ1v) is 4.12. The molecule has 0 amide bonds. The molecule has 2 aliphatic rings. The maximum absolute atomic E-state index is 9.07. The van der Waals surface area contributed by atoms with Gasteiger partial charge in [-0.1, -0.05) is 24.3 Å². The van der Waals surface area contributed by atoms with E-state index in [0.29, 0.717) is 6.04 Å². The second-order valence-electron chi connectivity index (χ2n) is 3.22. The molecule has 60 valence electrons. The van der Waals surface area contributed by atoms with Crippen LogP contribution in [-0.2, 0) is 0 Å². The molecule has 0 spiro atoms. The monoisotopic (exact) mass is 151 g/mol. The first-order valence-electron chi connectivity index (χ1n) is 4.12. The summed E-state index contributed by atoms with van der Waals surface area (Å²) < 4.78 is 0. The van der Waals surface area contributed by atoms with Crippen molar-refractivity contribution in [2.45, 2.75) is 18.6 Å². The minimum atomic E-state index is -0.0747. The van der Waals surface area contributed by atoms with E-state index in [9.17, 15) is 0 Å². The molecule has 0 unspecified atom stereocenters. The van der Waals surface area contributed by atoms with Crippen LogP contribution in [0, 0.1) is 0 Å². The summed E-state index contributed by atoms with van der Waals surface area (Å²) in [7, 11) is 0.